The molecule has 0 saturated carbocycles. The van der Waals surface area contributed by atoms with Gasteiger partial charge in [-0.1, -0.05) is 11.6 Å². The quantitative estimate of drug-likeness (QED) is 0.347. The summed E-state index contributed by atoms with van der Waals surface area (Å²) in [6.45, 7) is -0.312. The van der Waals surface area contributed by atoms with Crippen LogP contribution >= 0.6 is 11.6 Å². The van der Waals surface area contributed by atoms with Crippen LogP contribution in [-0.4, -0.2) is 24.5 Å². The molecule has 0 unspecified atom stereocenters. The molecule has 10 heteroatoms. The van der Waals surface area contributed by atoms with Crippen molar-refractivity contribution in [3.05, 3.63) is 116 Å². The molecule has 34 heavy (non-hydrogen) atoms. The van der Waals surface area contributed by atoms with Crippen LogP contribution in [0.5, 0.6) is 0 Å². The first-order valence-electron chi connectivity index (χ1n) is 10.2. The summed E-state index contributed by atoms with van der Waals surface area (Å²) in [6, 6.07) is 14.9. The molecule has 5 rings (SSSR count). The standard InChI is InChI=1S/C24H16ClFN4O4/c25-16-5-3-15(4-6-16)20(31)13-28-14-27-22-21(28)23(32)29(12-19-2-1-11-34-19)24(33)30(22)18-9-7-17(26)8-10-18/h1-11,14H,12-13H2. The molecule has 0 atom stereocenters. The normalized spacial score (nSPS) is 11.2. The lowest BCUT2D eigenvalue weighted by Gasteiger charge is -2.12. The molecule has 0 bridgehead atoms. The number of Topliss-reactive ketones (excluding diaryl/α,β-unsaturated/α-hetero) is 1. The Hall–Kier alpha value is -4.24. The molecule has 3 heterocycles. The maximum Gasteiger partial charge on any atom is 0.337 e. The van der Waals surface area contributed by atoms with Gasteiger partial charge in [-0.05, 0) is 60.7 Å². The van der Waals surface area contributed by atoms with Gasteiger partial charge >= 0.3 is 5.69 Å². The van der Waals surface area contributed by atoms with Crippen LogP contribution in [-0.2, 0) is 13.1 Å². The van der Waals surface area contributed by atoms with Crippen molar-refractivity contribution >= 4 is 28.5 Å². The highest BCUT2D eigenvalue weighted by atomic mass is 35.5. The Kier molecular flexibility index (Phi) is 5.46. The minimum absolute atomic E-state index is 0.0535. The number of nitrogens with zero attached hydrogens (tertiary/aromatic N) is 4. The molecule has 0 radical (unpaired) electrons. The first-order valence-corrected chi connectivity index (χ1v) is 10.6. The largest absolute Gasteiger partial charge is 0.467 e. The molecule has 0 amide bonds. The van der Waals surface area contributed by atoms with Crippen LogP contribution in [0.2, 0.25) is 5.02 Å². The van der Waals surface area contributed by atoms with Crippen LogP contribution in [0.25, 0.3) is 16.9 Å². The Morgan fingerprint density at radius 2 is 1.76 bits per heavy atom. The fourth-order valence-corrected chi connectivity index (χ4v) is 3.83. The van der Waals surface area contributed by atoms with Crippen LogP contribution in [0.4, 0.5) is 4.39 Å². The molecule has 0 spiro atoms. The zero-order valence-electron chi connectivity index (χ0n) is 17.5. The molecular weight excluding hydrogens is 463 g/mol. The van der Waals surface area contributed by atoms with Gasteiger partial charge in [0.15, 0.2) is 16.9 Å². The summed E-state index contributed by atoms with van der Waals surface area (Å²) in [7, 11) is 0. The average Bonchev–Trinajstić information content (AvgIpc) is 3.49. The molecule has 3 aromatic heterocycles. The van der Waals surface area contributed by atoms with Gasteiger partial charge in [0.2, 0.25) is 0 Å². The predicted molar refractivity (Wildman–Crippen MR) is 123 cm³/mol. The van der Waals surface area contributed by atoms with E-state index in [0.717, 1.165) is 4.57 Å². The van der Waals surface area contributed by atoms with E-state index in [4.69, 9.17) is 16.0 Å². The number of halogens is 2. The molecule has 0 fully saturated rings. The number of furan rings is 1. The smallest absolute Gasteiger partial charge is 0.337 e. The van der Waals surface area contributed by atoms with E-state index in [9.17, 15) is 18.8 Å². The number of hydrogen-bond donors (Lipinski definition) is 0. The second-order valence-corrected chi connectivity index (χ2v) is 7.98. The van der Waals surface area contributed by atoms with Gasteiger partial charge in [0.25, 0.3) is 5.56 Å². The number of ketones is 1. The summed E-state index contributed by atoms with van der Waals surface area (Å²) in [6.07, 6.45) is 2.77. The molecule has 0 saturated heterocycles. The number of carbonyl (C=O) groups is 1. The third kappa shape index (κ3) is 3.86. The Balaban J connectivity index is 1.70. The van der Waals surface area contributed by atoms with Gasteiger partial charge in [-0.3, -0.25) is 14.2 Å². The zero-order chi connectivity index (χ0) is 23.8. The molecule has 5 aromatic rings. The highest BCUT2D eigenvalue weighted by Crippen LogP contribution is 2.16. The lowest BCUT2D eigenvalue weighted by Crippen LogP contribution is -2.40. The van der Waals surface area contributed by atoms with E-state index in [1.807, 2.05) is 0 Å². The van der Waals surface area contributed by atoms with E-state index < -0.39 is 17.1 Å². The van der Waals surface area contributed by atoms with E-state index in [-0.39, 0.29) is 30.0 Å². The van der Waals surface area contributed by atoms with Crippen molar-refractivity contribution in [2.45, 2.75) is 13.1 Å². The first kappa shape index (κ1) is 21.6. The topological polar surface area (TPSA) is 92.0 Å². The van der Waals surface area contributed by atoms with Gasteiger partial charge < -0.3 is 8.98 Å². The van der Waals surface area contributed by atoms with Gasteiger partial charge in [-0.15, -0.1) is 0 Å². The van der Waals surface area contributed by atoms with Gasteiger partial charge in [0.05, 0.1) is 31.4 Å². The van der Waals surface area contributed by atoms with Gasteiger partial charge in [0, 0.05) is 10.6 Å². The molecule has 0 aliphatic rings. The summed E-state index contributed by atoms with van der Waals surface area (Å²) >= 11 is 5.90. The van der Waals surface area contributed by atoms with E-state index >= 15 is 0 Å². The maximum atomic E-state index is 13.5. The third-order valence-corrected chi connectivity index (χ3v) is 5.61. The SMILES string of the molecule is O=C(Cn1cnc2c1c(=O)n(Cc1ccco1)c(=O)n2-c1ccc(F)cc1)c1ccc(Cl)cc1. The Bertz CT molecular complexity index is 1620. The highest BCUT2D eigenvalue weighted by Gasteiger charge is 2.21. The van der Waals surface area contributed by atoms with Crippen molar-refractivity contribution in [3.63, 3.8) is 0 Å². The van der Waals surface area contributed by atoms with E-state index in [2.05, 4.69) is 4.98 Å². The van der Waals surface area contributed by atoms with Crippen LogP contribution in [0.15, 0.2) is 87.3 Å². The van der Waals surface area contributed by atoms with Crippen LogP contribution in [0.1, 0.15) is 16.1 Å². The number of rotatable bonds is 6. The Labute approximate surface area is 196 Å². The minimum Gasteiger partial charge on any atom is -0.467 e. The predicted octanol–water partition coefficient (Wildman–Crippen LogP) is 3.67. The molecule has 8 nitrogen and oxygen atoms in total. The van der Waals surface area contributed by atoms with Crippen LogP contribution < -0.4 is 11.2 Å². The third-order valence-electron chi connectivity index (χ3n) is 5.36. The van der Waals surface area contributed by atoms with Gasteiger partial charge in [-0.25, -0.2) is 18.7 Å². The lowest BCUT2D eigenvalue weighted by molar-refractivity contribution is 0.0973. The number of aromatic nitrogens is 4. The number of benzene rings is 2. The maximum absolute atomic E-state index is 13.5. The van der Waals surface area contributed by atoms with Crippen molar-refractivity contribution < 1.29 is 13.6 Å². The summed E-state index contributed by atoms with van der Waals surface area (Å²) in [5.41, 5.74) is -0.460. The fourth-order valence-electron chi connectivity index (χ4n) is 3.70. The molecule has 0 N–H and O–H groups in total. The molecule has 0 aliphatic carbocycles. The number of fused-ring (bicyclic) bond motifs is 1. The van der Waals surface area contributed by atoms with Crippen LogP contribution in [0, 0.1) is 5.82 Å². The summed E-state index contributed by atoms with van der Waals surface area (Å²) < 4.78 is 22.4. The summed E-state index contributed by atoms with van der Waals surface area (Å²) in [5, 5.41) is 0.494. The van der Waals surface area contributed by atoms with E-state index in [1.54, 1.807) is 36.4 Å². The zero-order valence-corrected chi connectivity index (χ0v) is 18.3. The number of hydrogen-bond acceptors (Lipinski definition) is 5. The van der Waals surface area contributed by atoms with E-state index in [0.29, 0.717) is 22.0 Å². The average molecular weight is 479 g/mol. The van der Waals surface area contributed by atoms with Crippen molar-refractivity contribution in [1.29, 1.82) is 0 Å². The van der Waals surface area contributed by atoms with E-state index in [1.165, 1.54) is 46.0 Å². The summed E-state index contributed by atoms with van der Waals surface area (Å²) in [5.74, 6) is -0.351. The van der Waals surface area contributed by atoms with Crippen molar-refractivity contribution in [1.82, 2.24) is 18.7 Å². The van der Waals surface area contributed by atoms with Gasteiger partial charge in [0.1, 0.15) is 11.6 Å². The monoisotopic (exact) mass is 478 g/mol. The van der Waals surface area contributed by atoms with Crippen molar-refractivity contribution in [3.8, 4) is 5.69 Å². The lowest BCUT2D eigenvalue weighted by atomic mass is 10.1. The second kappa shape index (κ2) is 8.60. The van der Waals surface area contributed by atoms with Crippen molar-refractivity contribution in [2.75, 3.05) is 0 Å². The number of carbonyl (C=O) groups excluding carboxylic acids is 1. The summed E-state index contributed by atoms with van der Waals surface area (Å²) in [4.78, 5) is 43.9. The molecule has 170 valence electrons. The van der Waals surface area contributed by atoms with Crippen LogP contribution in [0.3, 0.4) is 0 Å². The highest BCUT2D eigenvalue weighted by molar-refractivity contribution is 6.30. The molecule has 2 aromatic carbocycles. The Morgan fingerprint density at radius 3 is 2.44 bits per heavy atom. The first-order chi connectivity index (χ1) is 16.4. The number of imidazole rings is 1. The van der Waals surface area contributed by atoms with Crippen molar-refractivity contribution in [2.24, 2.45) is 0 Å². The fraction of sp³-hybridized carbons (Fsp3) is 0.0833. The minimum atomic E-state index is -0.671. The Morgan fingerprint density at radius 1 is 1.03 bits per heavy atom. The molecular formula is C24H16ClFN4O4. The second-order valence-electron chi connectivity index (χ2n) is 7.54. The van der Waals surface area contributed by atoms with Gasteiger partial charge in [-0.2, -0.15) is 0 Å². The molecule has 0 aliphatic heterocycles.